The fourth-order valence-electron chi connectivity index (χ4n) is 0.925. The molecule has 3 nitrogen and oxygen atoms in total. The van der Waals surface area contributed by atoms with E-state index in [0.717, 1.165) is 5.56 Å². The number of hydrogen-bond donors (Lipinski definition) is 1. The second-order valence-corrected chi connectivity index (χ2v) is 2.41. The van der Waals surface area contributed by atoms with Gasteiger partial charge in [-0.1, -0.05) is 0 Å². The first-order chi connectivity index (χ1) is 6.27. The summed E-state index contributed by atoms with van der Waals surface area (Å²) in [6, 6.07) is 5.90. The van der Waals surface area contributed by atoms with E-state index in [-0.39, 0.29) is 5.82 Å². The topological polar surface area (TPSA) is 50.7 Å². The minimum atomic E-state index is -0.284. The Morgan fingerprint density at radius 2 is 2.00 bits per heavy atom. The van der Waals surface area contributed by atoms with Crippen molar-refractivity contribution >= 4 is 11.9 Å². The minimum absolute atomic E-state index is 0.284. The standard InChI is InChI=1S/C9H10FN3/c1-12-6-9(13-11)7-2-4-8(10)5-3-7/h2-6H,11H2,1H3. The molecule has 0 atom stereocenters. The van der Waals surface area contributed by atoms with Gasteiger partial charge in [0.15, 0.2) is 0 Å². The van der Waals surface area contributed by atoms with Crippen molar-refractivity contribution in [3.05, 3.63) is 35.6 Å². The Morgan fingerprint density at radius 3 is 2.46 bits per heavy atom. The Morgan fingerprint density at radius 1 is 1.38 bits per heavy atom. The van der Waals surface area contributed by atoms with Crippen molar-refractivity contribution < 1.29 is 4.39 Å². The number of rotatable bonds is 2. The molecule has 1 rings (SSSR count). The lowest BCUT2D eigenvalue weighted by atomic mass is 10.1. The van der Waals surface area contributed by atoms with Gasteiger partial charge < -0.3 is 5.84 Å². The number of benzene rings is 1. The molecule has 0 saturated carbocycles. The van der Waals surface area contributed by atoms with E-state index in [2.05, 4.69) is 10.1 Å². The quantitative estimate of drug-likeness (QED) is 0.414. The van der Waals surface area contributed by atoms with Gasteiger partial charge in [-0.3, -0.25) is 4.99 Å². The van der Waals surface area contributed by atoms with Gasteiger partial charge >= 0.3 is 0 Å². The number of nitrogens with zero attached hydrogens (tertiary/aromatic N) is 2. The number of hydrogen-bond acceptors (Lipinski definition) is 3. The van der Waals surface area contributed by atoms with Gasteiger partial charge in [-0.15, -0.1) is 0 Å². The number of hydrazone groups is 1. The second-order valence-electron chi connectivity index (χ2n) is 2.41. The highest BCUT2D eigenvalue weighted by Crippen LogP contribution is 2.02. The maximum Gasteiger partial charge on any atom is 0.123 e. The zero-order chi connectivity index (χ0) is 9.68. The van der Waals surface area contributed by atoms with E-state index in [1.165, 1.54) is 18.3 Å². The highest BCUT2D eigenvalue weighted by Gasteiger charge is 1.99. The summed E-state index contributed by atoms with van der Waals surface area (Å²) in [5.74, 6) is 4.85. The largest absolute Gasteiger partial charge is 0.323 e. The predicted molar refractivity (Wildman–Crippen MR) is 51.5 cm³/mol. The molecular weight excluding hydrogens is 169 g/mol. The van der Waals surface area contributed by atoms with E-state index in [1.807, 2.05) is 0 Å². The molecule has 0 fully saturated rings. The average Bonchev–Trinajstić information content (AvgIpc) is 2.16. The highest BCUT2D eigenvalue weighted by atomic mass is 19.1. The lowest BCUT2D eigenvalue weighted by Crippen LogP contribution is -2.05. The molecule has 0 aromatic heterocycles. The summed E-state index contributed by atoms with van der Waals surface area (Å²) in [7, 11) is 1.62. The zero-order valence-electron chi connectivity index (χ0n) is 7.24. The van der Waals surface area contributed by atoms with Crippen LogP contribution in [0.1, 0.15) is 5.56 Å². The van der Waals surface area contributed by atoms with Crippen LogP contribution in [0, 0.1) is 5.82 Å². The average molecular weight is 179 g/mol. The van der Waals surface area contributed by atoms with Gasteiger partial charge in [-0.2, -0.15) is 5.10 Å². The summed E-state index contributed by atoms with van der Waals surface area (Å²) in [6.45, 7) is 0. The molecule has 4 heteroatoms. The molecular formula is C9H10FN3. The van der Waals surface area contributed by atoms with Crippen LogP contribution in [0.5, 0.6) is 0 Å². The van der Waals surface area contributed by atoms with Crippen LogP contribution in [-0.4, -0.2) is 19.0 Å². The second kappa shape index (κ2) is 4.35. The van der Waals surface area contributed by atoms with Crippen LogP contribution in [0.4, 0.5) is 4.39 Å². The van der Waals surface area contributed by atoms with Crippen LogP contribution >= 0.6 is 0 Å². The Balaban J connectivity index is 3.00. The summed E-state index contributed by atoms with van der Waals surface area (Å²) in [5, 5.41) is 3.52. The number of nitrogens with two attached hydrogens (primary N) is 1. The Labute approximate surface area is 75.8 Å². The van der Waals surface area contributed by atoms with E-state index in [4.69, 9.17) is 5.84 Å². The van der Waals surface area contributed by atoms with Crippen LogP contribution < -0.4 is 5.84 Å². The van der Waals surface area contributed by atoms with Crippen LogP contribution in [-0.2, 0) is 0 Å². The molecule has 1 aromatic carbocycles. The molecule has 0 saturated heterocycles. The molecule has 0 aliphatic heterocycles. The molecule has 0 aliphatic rings. The van der Waals surface area contributed by atoms with Crippen LogP contribution in [0.25, 0.3) is 0 Å². The molecule has 0 bridgehead atoms. The zero-order valence-corrected chi connectivity index (χ0v) is 7.24. The first kappa shape index (κ1) is 9.38. The van der Waals surface area contributed by atoms with Crippen LogP contribution in [0.15, 0.2) is 34.4 Å². The Hall–Kier alpha value is -1.71. The van der Waals surface area contributed by atoms with Crippen molar-refractivity contribution in [3.63, 3.8) is 0 Å². The summed E-state index contributed by atoms with van der Waals surface area (Å²) < 4.78 is 12.5. The van der Waals surface area contributed by atoms with Gasteiger partial charge in [0, 0.05) is 18.8 Å². The lowest BCUT2D eigenvalue weighted by Gasteiger charge is -1.97. The van der Waals surface area contributed by atoms with Crippen molar-refractivity contribution in [1.29, 1.82) is 0 Å². The fourth-order valence-corrected chi connectivity index (χ4v) is 0.925. The summed E-state index contributed by atoms with van der Waals surface area (Å²) in [5.41, 5.74) is 1.28. The fraction of sp³-hybridized carbons (Fsp3) is 0.111. The number of aliphatic imine (C=N–C) groups is 1. The summed E-state index contributed by atoms with van der Waals surface area (Å²) >= 11 is 0. The van der Waals surface area contributed by atoms with E-state index in [0.29, 0.717) is 5.71 Å². The maximum atomic E-state index is 12.5. The molecule has 13 heavy (non-hydrogen) atoms. The van der Waals surface area contributed by atoms with Crippen molar-refractivity contribution in [1.82, 2.24) is 0 Å². The van der Waals surface area contributed by atoms with Crippen molar-refractivity contribution in [2.75, 3.05) is 7.05 Å². The van der Waals surface area contributed by atoms with Crippen molar-refractivity contribution in [2.45, 2.75) is 0 Å². The molecule has 0 spiro atoms. The molecule has 0 amide bonds. The van der Waals surface area contributed by atoms with Gasteiger partial charge in [-0.05, 0) is 24.3 Å². The molecule has 0 unspecified atom stereocenters. The third-order valence-electron chi connectivity index (χ3n) is 1.53. The molecule has 2 N–H and O–H groups in total. The van der Waals surface area contributed by atoms with Crippen molar-refractivity contribution in [3.8, 4) is 0 Å². The summed E-state index contributed by atoms with van der Waals surface area (Å²) in [4.78, 5) is 3.78. The van der Waals surface area contributed by atoms with Gasteiger partial charge in [-0.25, -0.2) is 4.39 Å². The first-order valence-electron chi connectivity index (χ1n) is 3.74. The third-order valence-corrected chi connectivity index (χ3v) is 1.53. The van der Waals surface area contributed by atoms with E-state index in [9.17, 15) is 4.39 Å². The highest BCUT2D eigenvalue weighted by molar-refractivity contribution is 6.38. The summed E-state index contributed by atoms with van der Waals surface area (Å²) in [6.07, 6.45) is 1.52. The van der Waals surface area contributed by atoms with Gasteiger partial charge in [0.2, 0.25) is 0 Å². The Bertz CT molecular complexity index is 327. The van der Waals surface area contributed by atoms with Crippen LogP contribution in [0.2, 0.25) is 0 Å². The van der Waals surface area contributed by atoms with E-state index >= 15 is 0 Å². The monoisotopic (exact) mass is 179 g/mol. The molecule has 1 aromatic rings. The molecule has 0 aliphatic carbocycles. The SMILES string of the molecule is CN=CC(=NN)c1ccc(F)cc1. The van der Waals surface area contributed by atoms with E-state index in [1.54, 1.807) is 19.2 Å². The predicted octanol–water partition coefficient (Wildman–Crippen LogP) is 1.19. The third kappa shape index (κ3) is 2.37. The van der Waals surface area contributed by atoms with Gasteiger partial charge in [0.05, 0.1) is 0 Å². The molecule has 0 heterocycles. The van der Waals surface area contributed by atoms with E-state index < -0.39 is 0 Å². The van der Waals surface area contributed by atoms with Gasteiger partial charge in [0.25, 0.3) is 0 Å². The minimum Gasteiger partial charge on any atom is -0.323 e. The van der Waals surface area contributed by atoms with Crippen molar-refractivity contribution in [2.24, 2.45) is 15.9 Å². The molecule has 68 valence electrons. The lowest BCUT2D eigenvalue weighted by molar-refractivity contribution is 0.628. The Kier molecular flexibility index (Phi) is 3.14. The smallest absolute Gasteiger partial charge is 0.123 e. The first-order valence-corrected chi connectivity index (χ1v) is 3.74. The maximum absolute atomic E-state index is 12.5. The number of halogens is 1. The van der Waals surface area contributed by atoms with Crippen LogP contribution in [0.3, 0.4) is 0 Å². The van der Waals surface area contributed by atoms with Gasteiger partial charge in [0.1, 0.15) is 11.5 Å². The molecule has 0 radical (unpaired) electrons. The normalized spacial score (nSPS) is 12.3.